The van der Waals surface area contributed by atoms with E-state index in [1.807, 2.05) is 13.8 Å². The van der Waals surface area contributed by atoms with Gasteiger partial charge in [0.15, 0.2) is 6.10 Å². The number of nitrogens with zero attached hydrogens (tertiary/aromatic N) is 1. The van der Waals surface area contributed by atoms with Gasteiger partial charge < -0.3 is 19.5 Å². The van der Waals surface area contributed by atoms with E-state index in [1.165, 1.54) is 6.92 Å². The molecule has 0 aliphatic rings. The lowest BCUT2D eigenvalue weighted by atomic mass is 10.1. The molecule has 3 aromatic rings. The molecule has 0 radical (unpaired) electrons. The second-order valence-corrected chi connectivity index (χ2v) is 7.09. The van der Waals surface area contributed by atoms with E-state index in [1.54, 1.807) is 36.4 Å². The normalized spacial score (nSPS) is 12.1. The van der Waals surface area contributed by atoms with Crippen molar-refractivity contribution in [3.8, 4) is 5.75 Å². The average Bonchev–Trinajstić information content (AvgIpc) is 2.88. The van der Waals surface area contributed by atoms with Gasteiger partial charge in [-0.15, -0.1) is 0 Å². The maximum Gasteiger partial charge on any atom is 0.344 e. The third kappa shape index (κ3) is 3.68. The summed E-state index contributed by atoms with van der Waals surface area (Å²) in [6.07, 6.45) is -0.972. The van der Waals surface area contributed by atoms with Crippen molar-refractivity contribution < 1.29 is 24.5 Å². The molecule has 0 bridgehead atoms. The van der Waals surface area contributed by atoms with Crippen LogP contribution in [0.4, 0.5) is 0 Å². The summed E-state index contributed by atoms with van der Waals surface area (Å²) in [4.78, 5) is 22.3. The number of hydrogen-bond donors (Lipinski definition) is 2. The van der Waals surface area contributed by atoms with Gasteiger partial charge in [-0.05, 0) is 68.3 Å². The summed E-state index contributed by atoms with van der Waals surface area (Å²) < 4.78 is 7.50. The minimum absolute atomic E-state index is 0.240. The maximum atomic E-state index is 11.3. The van der Waals surface area contributed by atoms with E-state index in [4.69, 9.17) is 21.4 Å². The smallest absolute Gasteiger partial charge is 0.344 e. The van der Waals surface area contributed by atoms with Gasteiger partial charge in [0.2, 0.25) is 0 Å². The highest BCUT2D eigenvalue weighted by molar-refractivity contribution is 6.31. The molecule has 1 atom stereocenters. The van der Waals surface area contributed by atoms with Gasteiger partial charge in [-0.3, -0.25) is 0 Å². The molecule has 0 aliphatic carbocycles. The van der Waals surface area contributed by atoms with Crippen molar-refractivity contribution in [1.29, 1.82) is 0 Å². The van der Waals surface area contributed by atoms with E-state index in [0.29, 0.717) is 17.3 Å². The van der Waals surface area contributed by atoms with E-state index >= 15 is 0 Å². The number of hydrogen-bond acceptors (Lipinski definition) is 3. The van der Waals surface area contributed by atoms with Gasteiger partial charge in [0.25, 0.3) is 0 Å². The van der Waals surface area contributed by atoms with Gasteiger partial charge in [0.05, 0.1) is 5.56 Å². The molecule has 0 amide bonds. The molecule has 6 nitrogen and oxygen atoms in total. The second-order valence-electron chi connectivity index (χ2n) is 6.69. The fraction of sp³-hybridized carbons (Fsp3) is 0.238. The maximum absolute atomic E-state index is 11.3. The summed E-state index contributed by atoms with van der Waals surface area (Å²) in [7, 11) is 0. The van der Waals surface area contributed by atoms with E-state index < -0.39 is 18.0 Å². The molecule has 7 heteroatoms. The number of carboxylic acids is 2. The molecule has 0 aliphatic heterocycles. The van der Waals surface area contributed by atoms with E-state index in [-0.39, 0.29) is 5.56 Å². The second kappa shape index (κ2) is 7.56. The lowest BCUT2D eigenvalue weighted by Crippen LogP contribution is -2.22. The lowest BCUT2D eigenvalue weighted by molar-refractivity contribution is -0.144. The first-order valence-electron chi connectivity index (χ1n) is 8.69. The van der Waals surface area contributed by atoms with Crippen LogP contribution < -0.4 is 4.74 Å². The average molecular weight is 402 g/mol. The Kier molecular flexibility index (Phi) is 5.34. The van der Waals surface area contributed by atoms with Crippen LogP contribution in [-0.2, 0) is 11.3 Å². The van der Waals surface area contributed by atoms with Crippen molar-refractivity contribution >= 4 is 34.4 Å². The molecule has 1 aromatic heterocycles. The van der Waals surface area contributed by atoms with E-state index in [9.17, 15) is 14.7 Å². The van der Waals surface area contributed by atoms with Gasteiger partial charge >= 0.3 is 11.9 Å². The Labute approximate surface area is 166 Å². The molecule has 0 saturated heterocycles. The van der Waals surface area contributed by atoms with Crippen molar-refractivity contribution in [1.82, 2.24) is 4.57 Å². The Hall–Kier alpha value is -2.99. The first-order valence-corrected chi connectivity index (χ1v) is 9.07. The van der Waals surface area contributed by atoms with Crippen LogP contribution in [0, 0.1) is 13.8 Å². The molecular weight excluding hydrogens is 382 g/mol. The SMILES string of the molecule is Cc1c(C)n(Cc2cc(OC(C)C(=O)O)ccc2Cl)c2ccc(C(=O)O)cc12. The van der Waals surface area contributed by atoms with Gasteiger partial charge in [-0.25, -0.2) is 9.59 Å². The van der Waals surface area contributed by atoms with Crippen LogP contribution in [0.5, 0.6) is 5.75 Å². The molecule has 2 aromatic carbocycles. The molecular formula is C21H20ClNO5. The minimum atomic E-state index is -1.05. The summed E-state index contributed by atoms with van der Waals surface area (Å²) >= 11 is 6.36. The van der Waals surface area contributed by atoms with Crippen molar-refractivity contribution in [2.45, 2.75) is 33.4 Å². The third-order valence-corrected chi connectivity index (χ3v) is 5.26. The van der Waals surface area contributed by atoms with Gasteiger partial charge in [-0.1, -0.05) is 11.6 Å². The number of aliphatic carboxylic acids is 1. The Balaban J connectivity index is 2.02. The topological polar surface area (TPSA) is 88.8 Å². The molecule has 0 spiro atoms. The lowest BCUT2D eigenvalue weighted by Gasteiger charge is -2.14. The number of fused-ring (bicyclic) bond motifs is 1. The van der Waals surface area contributed by atoms with Crippen LogP contribution in [0.25, 0.3) is 10.9 Å². The standard InChI is InChI=1S/C21H20ClNO5/c1-11-12(2)23(19-7-4-14(21(26)27)9-17(11)19)10-15-8-16(5-6-18(15)22)28-13(3)20(24)25/h4-9,13H,10H2,1-3H3,(H,24,25)(H,26,27). The predicted molar refractivity (Wildman–Crippen MR) is 107 cm³/mol. The summed E-state index contributed by atoms with van der Waals surface area (Å²) in [5.41, 5.74) is 3.92. The van der Waals surface area contributed by atoms with Crippen LogP contribution in [-0.4, -0.2) is 32.8 Å². The number of aromatic carboxylic acids is 1. The van der Waals surface area contributed by atoms with Crippen LogP contribution in [0.15, 0.2) is 36.4 Å². The van der Waals surface area contributed by atoms with Gasteiger partial charge in [-0.2, -0.15) is 0 Å². The molecule has 2 N–H and O–H groups in total. The van der Waals surface area contributed by atoms with Gasteiger partial charge in [0, 0.05) is 28.2 Å². The number of aromatic nitrogens is 1. The summed E-state index contributed by atoms with van der Waals surface area (Å²) in [5, 5.41) is 19.7. The Morgan fingerprint density at radius 3 is 2.50 bits per heavy atom. The number of carboxylic acid groups (broad SMARTS) is 2. The van der Waals surface area contributed by atoms with Crippen molar-refractivity contribution in [3.05, 3.63) is 63.8 Å². The highest BCUT2D eigenvalue weighted by Crippen LogP contribution is 2.30. The van der Waals surface area contributed by atoms with E-state index in [0.717, 1.165) is 27.7 Å². The molecule has 146 valence electrons. The first kappa shape index (κ1) is 19.8. The summed E-state index contributed by atoms with van der Waals surface area (Å²) in [5.74, 6) is -1.59. The van der Waals surface area contributed by atoms with Crippen molar-refractivity contribution in [2.75, 3.05) is 0 Å². The number of halogens is 1. The number of ether oxygens (including phenoxy) is 1. The monoisotopic (exact) mass is 401 g/mol. The highest BCUT2D eigenvalue weighted by atomic mass is 35.5. The fourth-order valence-electron chi connectivity index (χ4n) is 3.16. The zero-order valence-electron chi connectivity index (χ0n) is 15.7. The van der Waals surface area contributed by atoms with Crippen molar-refractivity contribution in [2.24, 2.45) is 0 Å². The van der Waals surface area contributed by atoms with Crippen LogP contribution in [0.3, 0.4) is 0 Å². The Bertz CT molecular complexity index is 1090. The third-order valence-electron chi connectivity index (χ3n) is 4.89. The number of carbonyl (C=O) groups is 2. The molecule has 1 heterocycles. The number of benzene rings is 2. The van der Waals surface area contributed by atoms with Crippen molar-refractivity contribution in [3.63, 3.8) is 0 Å². The summed E-state index contributed by atoms with van der Waals surface area (Å²) in [6.45, 7) is 5.83. The highest BCUT2D eigenvalue weighted by Gasteiger charge is 2.16. The molecule has 3 rings (SSSR count). The van der Waals surface area contributed by atoms with Gasteiger partial charge in [0.1, 0.15) is 5.75 Å². The van der Waals surface area contributed by atoms with Crippen LogP contribution in [0.2, 0.25) is 5.02 Å². The Morgan fingerprint density at radius 1 is 1.14 bits per heavy atom. The minimum Gasteiger partial charge on any atom is -0.479 e. The summed E-state index contributed by atoms with van der Waals surface area (Å²) in [6, 6.07) is 10.1. The number of rotatable bonds is 6. The van der Waals surface area contributed by atoms with Crippen LogP contribution >= 0.6 is 11.6 Å². The molecule has 0 fully saturated rings. The zero-order chi connectivity index (χ0) is 20.6. The number of aryl methyl sites for hydroxylation is 1. The first-order chi connectivity index (χ1) is 13.2. The van der Waals surface area contributed by atoms with Crippen LogP contribution in [0.1, 0.15) is 34.1 Å². The Morgan fingerprint density at radius 2 is 1.86 bits per heavy atom. The molecule has 1 unspecified atom stereocenters. The predicted octanol–water partition coefficient (Wildman–Crippen LogP) is 4.51. The quantitative estimate of drug-likeness (QED) is 0.634. The molecule has 0 saturated carbocycles. The fourth-order valence-corrected chi connectivity index (χ4v) is 3.33. The largest absolute Gasteiger partial charge is 0.479 e. The van der Waals surface area contributed by atoms with E-state index in [2.05, 4.69) is 4.57 Å². The molecule has 28 heavy (non-hydrogen) atoms. The zero-order valence-corrected chi connectivity index (χ0v) is 16.4.